The van der Waals surface area contributed by atoms with Crippen LogP contribution in [0.4, 0.5) is 10.5 Å². The van der Waals surface area contributed by atoms with E-state index in [0.29, 0.717) is 12.5 Å². The molecule has 0 atom stereocenters. The molecule has 0 aliphatic rings. The number of carbonyl (C=O) groups excluding carboxylic acids is 1. The summed E-state index contributed by atoms with van der Waals surface area (Å²) in [6.45, 7) is 4.72. The number of benzene rings is 2. The van der Waals surface area contributed by atoms with Crippen LogP contribution in [0.5, 0.6) is 0 Å². The van der Waals surface area contributed by atoms with E-state index in [1.54, 1.807) is 4.90 Å². The van der Waals surface area contributed by atoms with Gasteiger partial charge in [0.25, 0.3) is 0 Å². The molecule has 118 valence electrons. The highest BCUT2D eigenvalue weighted by Gasteiger charge is 2.17. The lowest BCUT2D eigenvalue weighted by Gasteiger charge is -2.25. The Bertz CT molecular complexity index is 689. The Morgan fingerprint density at radius 2 is 1.83 bits per heavy atom. The first-order valence-corrected chi connectivity index (χ1v) is 7.69. The van der Waals surface area contributed by atoms with E-state index in [2.05, 4.69) is 19.2 Å². The van der Waals surface area contributed by atoms with Crippen molar-refractivity contribution in [2.45, 2.75) is 13.8 Å². The quantitative estimate of drug-likeness (QED) is 0.847. The van der Waals surface area contributed by atoms with Crippen molar-refractivity contribution >= 4 is 11.7 Å². The van der Waals surface area contributed by atoms with Crippen molar-refractivity contribution < 1.29 is 4.79 Å². The number of hydrogen-bond acceptors (Lipinski definition) is 2. The Morgan fingerprint density at radius 1 is 1.13 bits per heavy atom. The number of carbonyl (C=O) groups is 1. The second-order valence-electron chi connectivity index (χ2n) is 5.74. The minimum atomic E-state index is -0.245. The fourth-order valence-corrected chi connectivity index (χ4v) is 2.37. The van der Waals surface area contributed by atoms with E-state index in [1.165, 1.54) is 0 Å². The van der Waals surface area contributed by atoms with E-state index in [1.807, 2.05) is 60.7 Å². The number of nitriles is 1. The number of hydrogen-bond donors (Lipinski definition) is 1. The van der Waals surface area contributed by atoms with Gasteiger partial charge in [0.1, 0.15) is 6.54 Å². The first-order valence-electron chi connectivity index (χ1n) is 7.69. The highest BCUT2D eigenvalue weighted by atomic mass is 16.2. The summed E-state index contributed by atoms with van der Waals surface area (Å²) in [5, 5.41) is 11.3. The number of anilines is 1. The van der Waals surface area contributed by atoms with Gasteiger partial charge in [-0.05, 0) is 29.2 Å². The van der Waals surface area contributed by atoms with Crippen LogP contribution in [0.3, 0.4) is 0 Å². The molecular weight excluding hydrogens is 286 g/mol. The van der Waals surface area contributed by atoms with Crippen LogP contribution in [0.25, 0.3) is 11.1 Å². The predicted molar refractivity (Wildman–Crippen MR) is 93.1 cm³/mol. The van der Waals surface area contributed by atoms with Crippen molar-refractivity contribution in [2.75, 3.05) is 18.0 Å². The number of nitrogens with one attached hydrogen (secondary N) is 1. The van der Waals surface area contributed by atoms with Gasteiger partial charge in [0.2, 0.25) is 0 Å². The maximum Gasteiger partial charge on any atom is 0.322 e. The maximum absolute atomic E-state index is 12.3. The maximum atomic E-state index is 12.3. The van der Waals surface area contributed by atoms with Crippen molar-refractivity contribution in [1.29, 1.82) is 5.26 Å². The second-order valence-corrected chi connectivity index (χ2v) is 5.74. The Hall–Kier alpha value is -2.80. The zero-order chi connectivity index (χ0) is 16.7. The van der Waals surface area contributed by atoms with Gasteiger partial charge in [-0.3, -0.25) is 4.90 Å². The molecule has 0 spiro atoms. The number of amides is 2. The molecule has 0 saturated carbocycles. The van der Waals surface area contributed by atoms with Gasteiger partial charge >= 0.3 is 6.03 Å². The van der Waals surface area contributed by atoms with Gasteiger partial charge < -0.3 is 5.32 Å². The first kappa shape index (κ1) is 16.6. The van der Waals surface area contributed by atoms with Crippen molar-refractivity contribution in [2.24, 2.45) is 5.92 Å². The van der Waals surface area contributed by atoms with Gasteiger partial charge in [0, 0.05) is 12.2 Å². The molecule has 0 heterocycles. The molecule has 0 aliphatic carbocycles. The summed E-state index contributed by atoms with van der Waals surface area (Å²) in [6.07, 6.45) is 0. The summed E-state index contributed by atoms with van der Waals surface area (Å²) in [4.78, 5) is 14.0. The normalized spacial score (nSPS) is 10.2. The fourth-order valence-electron chi connectivity index (χ4n) is 2.37. The third kappa shape index (κ3) is 4.58. The average Bonchev–Trinajstić information content (AvgIpc) is 2.58. The summed E-state index contributed by atoms with van der Waals surface area (Å²) in [5.74, 6) is 0.322. The van der Waals surface area contributed by atoms with Gasteiger partial charge in [-0.1, -0.05) is 56.3 Å². The molecule has 2 amide bonds. The zero-order valence-corrected chi connectivity index (χ0v) is 13.5. The van der Waals surface area contributed by atoms with Crippen molar-refractivity contribution in [3.05, 3.63) is 54.6 Å². The Kier molecular flexibility index (Phi) is 5.76. The van der Waals surface area contributed by atoms with Crippen molar-refractivity contribution in [3.8, 4) is 17.2 Å². The molecule has 0 fully saturated rings. The highest BCUT2D eigenvalue weighted by molar-refractivity contribution is 5.92. The van der Waals surface area contributed by atoms with E-state index in [9.17, 15) is 4.79 Å². The molecule has 0 bridgehead atoms. The molecule has 23 heavy (non-hydrogen) atoms. The van der Waals surface area contributed by atoms with E-state index in [-0.39, 0.29) is 12.6 Å². The summed E-state index contributed by atoms with van der Waals surface area (Å²) in [5.41, 5.74) is 3.00. The lowest BCUT2D eigenvalue weighted by atomic mass is 10.0. The number of urea groups is 1. The monoisotopic (exact) mass is 307 g/mol. The largest absolute Gasteiger partial charge is 0.325 e. The topological polar surface area (TPSA) is 56.1 Å². The van der Waals surface area contributed by atoms with E-state index in [4.69, 9.17) is 5.26 Å². The Balaban J connectivity index is 2.31. The van der Waals surface area contributed by atoms with Crippen LogP contribution < -0.4 is 10.2 Å². The minimum absolute atomic E-state index is 0.00576. The second kappa shape index (κ2) is 8.00. The van der Waals surface area contributed by atoms with Gasteiger partial charge in [-0.2, -0.15) is 5.26 Å². The van der Waals surface area contributed by atoms with Gasteiger partial charge in [0.05, 0.1) is 6.07 Å². The van der Waals surface area contributed by atoms with Crippen LogP contribution in [-0.2, 0) is 0 Å². The van der Waals surface area contributed by atoms with Crippen LogP contribution in [0.1, 0.15) is 13.8 Å². The Morgan fingerprint density at radius 3 is 2.48 bits per heavy atom. The highest BCUT2D eigenvalue weighted by Crippen LogP contribution is 2.25. The molecule has 2 aromatic carbocycles. The van der Waals surface area contributed by atoms with Crippen LogP contribution in [-0.4, -0.2) is 19.1 Å². The molecule has 2 rings (SSSR count). The molecule has 0 saturated heterocycles. The van der Waals surface area contributed by atoms with E-state index in [0.717, 1.165) is 16.8 Å². The molecule has 4 heteroatoms. The van der Waals surface area contributed by atoms with Crippen LogP contribution in [0, 0.1) is 17.2 Å². The van der Waals surface area contributed by atoms with Gasteiger partial charge in [-0.25, -0.2) is 4.79 Å². The standard InChI is InChI=1S/C19H21N3O/c1-15(2)14-22(19(23)21-12-11-20)18-10-6-9-17(13-18)16-7-4-3-5-8-16/h3-10,13,15H,12,14H2,1-2H3,(H,21,23). The summed E-state index contributed by atoms with van der Waals surface area (Å²) in [7, 11) is 0. The fraction of sp³-hybridized carbons (Fsp3) is 0.263. The SMILES string of the molecule is CC(C)CN(C(=O)NCC#N)c1cccc(-c2ccccc2)c1. The molecule has 1 N–H and O–H groups in total. The van der Waals surface area contributed by atoms with Gasteiger partial charge in [-0.15, -0.1) is 0 Å². The summed E-state index contributed by atoms with van der Waals surface area (Å²) < 4.78 is 0. The lowest BCUT2D eigenvalue weighted by molar-refractivity contribution is 0.246. The molecule has 0 aliphatic heterocycles. The minimum Gasteiger partial charge on any atom is -0.325 e. The Labute approximate surface area is 137 Å². The molecule has 4 nitrogen and oxygen atoms in total. The third-order valence-corrected chi connectivity index (χ3v) is 3.38. The molecule has 0 radical (unpaired) electrons. The summed E-state index contributed by atoms with van der Waals surface area (Å²) in [6, 6.07) is 19.6. The predicted octanol–water partition coefficient (Wildman–Crippen LogP) is 4.05. The third-order valence-electron chi connectivity index (χ3n) is 3.38. The molecule has 0 unspecified atom stereocenters. The molecule has 2 aromatic rings. The molecule has 0 aromatic heterocycles. The van der Waals surface area contributed by atoms with Crippen LogP contribution in [0.2, 0.25) is 0 Å². The first-order chi connectivity index (χ1) is 11.1. The van der Waals surface area contributed by atoms with Crippen LogP contribution >= 0.6 is 0 Å². The lowest BCUT2D eigenvalue weighted by Crippen LogP contribution is -2.42. The van der Waals surface area contributed by atoms with E-state index < -0.39 is 0 Å². The van der Waals surface area contributed by atoms with E-state index >= 15 is 0 Å². The zero-order valence-electron chi connectivity index (χ0n) is 13.5. The molecular formula is C19H21N3O. The van der Waals surface area contributed by atoms with Crippen LogP contribution in [0.15, 0.2) is 54.6 Å². The summed E-state index contributed by atoms with van der Waals surface area (Å²) >= 11 is 0. The average molecular weight is 307 g/mol. The van der Waals surface area contributed by atoms with Crippen molar-refractivity contribution in [3.63, 3.8) is 0 Å². The van der Waals surface area contributed by atoms with Gasteiger partial charge in [0.15, 0.2) is 0 Å². The number of nitrogens with zero attached hydrogens (tertiary/aromatic N) is 2. The number of rotatable bonds is 5. The van der Waals surface area contributed by atoms with Crippen molar-refractivity contribution in [1.82, 2.24) is 5.32 Å². The smallest absolute Gasteiger partial charge is 0.322 e.